The lowest BCUT2D eigenvalue weighted by molar-refractivity contribution is 1.25. The maximum Gasteiger partial charge on any atom is 0.0921 e. The van der Waals surface area contributed by atoms with Gasteiger partial charge >= 0.3 is 0 Å². The number of H-pyrrole nitrogens is 2. The average Bonchev–Trinajstić information content (AvgIpc) is 3.19. The minimum atomic E-state index is 1.11. The van der Waals surface area contributed by atoms with Crippen molar-refractivity contribution in [3.05, 3.63) is 84.3 Å². The van der Waals surface area contributed by atoms with Crippen molar-refractivity contribution in [2.75, 3.05) is 0 Å². The van der Waals surface area contributed by atoms with Crippen molar-refractivity contribution in [1.82, 2.24) is 19.9 Å². The van der Waals surface area contributed by atoms with E-state index < -0.39 is 0 Å². The molecule has 0 aliphatic carbocycles. The third-order valence-corrected chi connectivity index (χ3v) is 3.24. The van der Waals surface area contributed by atoms with Crippen molar-refractivity contribution < 1.29 is 0 Å². The summed E-state index contributed by atoms with van der Waals surface area (Å²) in [4.78, 5) is 13.7. The maximum absolute atomic E-state index is 3.88. The number of aryl methyl sites for hydroxylation is 3. The molecule has 118 valence electrons. The molecule has 0 spiro atoms. The van der Waals surface area contributed by atoms with E-state index in [2.05, 4.69) is 45.1 Å². The first-order chi connectivity index (χ1) is 11.2. The van der Waals surface area contributed by atoms with Gasteiger partial charge in [-0.05, 0) is 44.0 Å². The number of aromatic amines is 2. The lowest BCUT2D eigenvalue weighted by Crippen LogP contribution is -1.69. The Balaban J connectivity index is 0.000000131. The molecule has 0 amide bonds. The van der Waals surface area contributed by atoms with Crippen LogP contribution in [0, 0.1) is 20.8 Å². The molecule has 4 heteroatoms. The molecule has 4 rings (SSSR count). The van der Waals surface area contributed by atoms with Gasteiger partial charge in [0.15, 0.2) is 0 Å². The minimum absolute atomic E-state index is 1.11. The van der Waals surface area contributed by atoms with Crippen LogP contribution in [-0.2, 0) is 0 Å². The molecule has 3 aromatic heterocycles. The molecular formula is C19H22N4. The van der Waals surface area contributed by atoms with E-state index in [0.29, 0.717) is 0 Å². The second-order valence-corrected chi connectivity index (χ2v) is 5.28. The van der Waals surface area contributed by atoms with Gasteiger partial charge in [-0.2, -0.15) is 0 Å². The Labute approximate surface area is 136 Å². The third-order valence-electron chi connectivity index (χ3n) is 3.24. The molecule has 1 aromatic carbocycles. The monoisotopic (exact) mass is 306 g/mol. The Morgan fingerprint density at radius 2 is 1.65 bits per heavy atom. The predicted octanol–water partition coefficient (Wildman–Crippen LogP) is 4.58. The molecule has 0 unspecified atom stereocenters. The third kappa shape index (κ3) is 5.43. The average molecular weight is 306 g/mol. The Kier molecular flexibility index (Phi) is 6.12. The van der Waals surface area contributed by atoms with E-state index in [1.165, 1.54) is 22.0 Å². The minimum Gasteiger partial charge on any atom is -0.361 e. The van der Waals surface area contributed by atoms with Crippen LogP contribution in [0.2, 0.25) is 0 Å². The summed E-state index contributed by atoms with van der Waals surface area (Å²) in [5.74, 6) is 0. The van der Waals surface area contributed by atoms with Crippen LogP contribution in [0.1, 0.15) is 16.8 Å². The number of imidazole rings is 1. The molecular weight excluding hydrogens is 284 g/mol. The first-order valence-corrected chi connectivity index (χ1v) is 7.51. The fourth-order valence-electron chi connectivity index (χ4n) is 1.99. The fraction of sp³-hybridized carbons (Fsp3) is 0.158. The molecule has 23 heavy (non-hydrogen) atoms. The number of rotatable bonds is 0. The summed E-state index contributed by atoms with van der Waals surface area (Å²) >= 11 is 0. The van der Waals surface area contributed by atoms with Gasteiger partial charge in [-0.1, -0.05) is 24.3 Å². The molecule has 0 aliphatic heterocycles. The quantitative estimate of drug-likeness (QED) is 0.499. The zero-order valence-corrected chi connectivity index (χ0v) is 13.7. The molecule has 0 atom stereocenters. The van der Waals surface area contributed by atoms with E-state index in [1.54, 1.807) is 18.7 Å². The van der Waals surface area contributed by atoms with Crippen molar-refractivity contribution in [3.63, 3.8) is 0 Å². The first-order valence-electron chi connectivity index (χ1n) is 7.51. The van der Waals surface area contributed by atoms with Crippen LogP contribution in [0.5, 0.6) is 0 Å². The van der Waals surface area contributed by atoms with Gasteiger partial charge in [0.05, 0.1) is 6.33 Å². The lowest BCUT2D eigenvalue weighted by atomic mass is 10.2. The topological polar surface area (TPSA) is 57.4 Å². The van der Waals surface area contributed by atoms with Gasteiger partial charge in [0.1, 0.15) is 0 Å². The van der Waals surface area contributed by atoms with Crippen molar-refractivity contribution in [2.24, 2.45) is 0 Å². The number of benzene rings is 1. The Morgan fingerprint density at radius 1 is 0.826 bits per heavy atom. The molecule has 0 saturated heterocycles. The van der Waals surface area contributed by atoms with Crippen LogP contribution in [-0.4, -0.2) is 19.9 Å². The Bertz CT molecular complexity index is 802. The van der Waals surface area contributed by atoms with E-state index in [9.17, 15) is 0 Å². The summed E-state index contributed by atoms with van der Waals surface area (Å²) in [5, 5.41) is 1.32. The summed E-state index contributed by atoms with van der Waals surface area (Å²) in [6, 6.07) is 12.3. The van der Waals surface area contributed by atoms with Gasteiger partial charge in [-0.15, -0.1) is 0 Å². The number of aromatic nitrogens is 4. The van der Waals surface area contributed by atoms with E-state index >= 15 is 0 Å². The number of hydrogen-bond donors (Lipinski definition) is 2. The highest BCUT2D eigenvalue weighted by molar-refractivity contribution is 5.82. The van der Waals surface area contributed by atoms with Crippen LogP contribution in [0.4, 0.5) is 0 Å². The smallest absolute Gasteiger partial charge is 0.0921 e. The summed E-state index contributed by atoms with van der Waals surface area (Å²) in [6.45, 7) is 6.10. The molecule has 3 heterocycles. The van der Waals surface area contributed by atoms with Crippen LogP contribution < -0.4 is 0 Å². The fourth-order valence-corrected chi connectivity index (χ4v) is 1.99. The Hall–Kier alpha value is -2.88. The Morgan fingerprint density at radius 3 is 2.13 bits per heavy atom. The highest BCUT2D eigenvalue weighted by Crippen LogP contribution is 2.15. The zero-order chi connectivity index (χ0) is 16.5. The van der Waals surface area contributed by atoms with E-state index in [4.69, 9.17) is 0 Å². The van der Waals surface area contributed by atoms with Gasteiger partial charge < -0.3 is 9.97 Å². The van der Waals surface area contributed by atoms with E-state index in [-0.39, 0.29) is 0 Å². The van der Waals surface area contributed by atoms with Crippen LogP contribution in [0.15, 0.2) is 67.5 Å². The summed E-state index contributed by atoms with van der Waals surface area (Å²) in [5.41, 5.74) is 4.85. The molecule has 0 aliphatic rings. The second-order valence-electron chi connectivity index (χ2n) is 5.28. The zero-order valence-electron chi connectivity index (χ0n) is 13.7. The molecule has 0 radical (unpaired) electrons. The molecule has 2 N–H and O–H groups in total. The second kappa shape index (κ2) is 8.54. The molecule has 0 saturated carbocycles. The van der Waals surface area contributed by atoms with Crippen LogP contribution in [0.25, 0.3) is 10.9 Å². The van der Waals surface area contributed by atoms with Gasteiger partial charge in [0.2, 0.25) is 0 Å². The SMILES string of the molecule is Cc1c[nH]c2ccccc12.Cc1cccnc1.Cc1cnc[nH]1. The van der Waals surface area contributed by atoms with Gasteiger partial charge in [0.25, 0.3) is 0 Å². The molecule has 0 fully saturated rings. The van der Waals surface area contributed by atoms with Crippen molar-refractivity contribution in [3.8, 4) is 0 Å². The highest BCUT2D eigenvalue weighted by atomic mass is 14.8. The normalized spacial score (nSPS) is 9.52. The van der Waals surface area contributed by atoms with E-state index in [0.717, 1.165) is 5.69 Å². The van der Waals surface area contributed by atoms with Crippen LogP contribution >= 0.6 is 0 Å². The summed E-state index contributed by atoms with van der Waals surface area (Å²) in [7, 11) is 0. The number of pyridine rings is 1. The predicted molar refractivity (Wildman–Crippen MR) is 95.3 cm³/mol. The van der Waals surface area contributed by atoms with Crippen molar-refractivity contribution >= 4 is 10.9 Å². The summed E-state index contributed by atoms with van der Waals surface area (Å²) < 4.78 is 0. The van der Waals surface area contributed by atoms with Crippen LogP contribution in [0.3, 0.4) is 0 Å². The number of para-hydroxylation sites is 1. The largest absolute Gasteiger partial charge is 0.361 e. The number of nitrogens with zero attached hydrogens (tertiary/aromatic N) is 2. The van der Waals surface area contributed by atoms with Crippen molar-refractivity contribution in [1.29, 1.82) is 0 Å². The molecule has 4 aromatic rings. The summed E-state index contributed by atoms with van der Waals surface area (Å²) in [6.07, 6.45) is 9.08. The standard InChI is InChI=1S/C9H9N.C6H7N.C4H6N2/c1-7-6-10-9-5-3-2-4-8(7)9;1-6-3-2-4-7-5-6;1-4-2-5-3-6-4/h2-6,10H,1H3;2-5H,1H3;2-3H,1H3,(H,5,6). The maximum atomic E-state index is 3.88. The lowest BCUT2D eigenvalue weighted by Gasteiger charge is -1.86. The van der Waals surface area contributed by atoms with E-state index in [1.807, 2.05) is 44.4 Å². The van der Waals surface area contributed by atoms with Gasteiger partial charge in [-0.3, -0.25) is 4.98 Å². The first kappa shape index (κ1) is 16.5. The van der Waals surface area contributed by atoms with Gasteiger partial charge in [-0.25, -0.2) is 4.98 Å². The highest BCUT2D eigenvalue weighted by Gasteiger charge is 1.94. The van der Waals surface area contributed by atoms with Crippen molar-refractivity contribution in [2.45, 2.75) is 20.8 Å². The number of nitrogens with one attached hydrogen (secondary N) is 2. The molecule has 4 nitrogen and oxygen atoms in total. The number of fused-ring (bicyclic) bond motifs is 1. The number of hydrogen-bond acceptors (Lipinski definition) is 2. The van der Waals surface area contributed by atoms with Gasteiger partial charge in [0, 0.05) is 41.4 Å². The molecule has 0 bridgehead atoms.